The first-order valence-corrected chi connectivity index (χ1v) is 10.0. The minimum absolute atomic E-state index is 0.0708. The summed E-state index contributed by atoms with van der Waals surface area (Å²) in [5.41, 5.74) is 2.93. The van der Waals surface area contributed by atoms with Crippen molar-refractivity contribution in [3.63, 3.8) is 0 Å². The molecule has 2 aliphatic heterocycles. The Morgan fingerprint density at radius 1 is 1.14 bits per heavy atom. The van der Waals surface area contributed by atoms with Crippen molar-refractivity contribution < 1.29 is 18.7 Å². The van der Waals surface area contributed by atoms with Crippen LogP contribution in [-0.2, 0) is 16.1 Å². The zero-order chi connectivity index (χ0) is 20.4. The van der Waals surface area contributed by atoms with Gasteiger partial charge < -0.3 is 14.4 Å². The largest absolute Gasteiger partial charge is 0.497 e. The SMILES string of the molecule is COc1ccc(CN2CCC3(CC2)CN(c2ccc(F)cc2)C(=O)CO3)c(C)c1. The molecule has 0 aromatic heterocycles. The number of carbonyl (C=O) groups excluding carboxylic acids is 1. The Morgan fingerprint density at radius 3 is 2.52 bits per heavy atom. The molecule has 0 radical (unpaired) electrons. The van der Waals surface area contributed by atoms with Gasteiger partial charge >= 0.3 is 0 Å². The average Bonchev–Trinajstić information content (AvgIpc) is 2.74. The lowest BCUT2D eigenvalue weighted by molar-refractivity contribution is -0.144. The zero-order valence-corrected chi connectivity index (χ0v) is 17.0. The van der Waals surface area contributed by atoms with Gasteiger partial charge in [-0.2, -0.15) is 0 Å². The maximum absolute atomic E-state index is 13.3. The number of halogens is 1. The number of amides is 1. The monoisotopic (exact) mass is 398 g/mol. The highest BCUT2D eigenvalue weighted by Gasteiger charge is 2.42. The van der Waals surface area contributed by atoms with Crippen molar-refractivity contribution in [3.05, 3.63) is 59.4 Å². The highest BCUT2D eigenvalue weighted by atomic mass is 19.1. The van der Waals surface area contributed by atoms with Crippen LogP contribution in [0.2, 0.25) is 0 Å². The molecule has 1 spiro atoms. The summed E-state index contributed by atoms with van der Waals surface area (Å²) >= 11 is 0. The second kappa shape index (κ2) is 8.13. The maximum Gasteiger partial charge on any atom is 0.253 e. The standard InChI is InChI=1S/C23H27FN2O3/c1-17-13-21(28-2)8-3-18(17)14-25-11-9-23(10-12-25)16-26(22(27)15-29-23)20-6-4-19(24)5-7-20/h3-8,13H,9-12,14-16H2,1-2H3. The number of nitrogens with zero attached hydrogens (tertiary/aromatic N) is 2. The van der Waals surface area contributed by atoms with Crippen LogP contribution in [0, 0.1) is 12.7 Å². The minimum Gasteiger partial charge on any atom is -0.497 e. The van der Waals surface area contributed by atoms with Gasteiger partial charge in [-0.15, -0.1) is 0 Å². The number of hydrogen-bond acceptors (Lipinski definition) is 4. The lowest BCUT2D eigenvalue weighted by Crippen LogP contribution is -2.58. The number of piperidine rings is 1. The molecule has 0 N–H and O–H groups in total. The summed E-state index contributed by atoms with van der Waals surface area (Å²) in [7, 11) is 1.68. The normalized spacial score (nSPS) is 19.6. The number of ether oxygens (including phenoxy) is 2. The van der Waals surface area contributed by atoms with E-state index in [-0.39, 0.29) is 23.9 Å². The Bertz CT molecular complexity index is 876. The third-order valence-corrected chi connectivity index (χ3v) is 6.10. The molecule has 29 heavy (non-hydrogen) atoms. The predicted octanol–water partition coefficient (Wildman–Crippen LogP) is 3.54. The van der Waals surface area contributed by atoms with E-state index in [1.807, 2.05) is 6.07 Å². The number of hydrogen-bond donors (Lipinski definition) is 0. The molecule has 0 atom stereocenters. The Hall–Kier alpha value is -2.44. The highest BCUT2D eigenvalue weighted by Crippen LogP contribution is 2.33. The number of carbonyl (C=O) groups is 1. The lowest BCUT2D eigenvalue weighted by Gasteiger charge is -2.47. The van der Waals surface area contributed by atoms with Crippen LogP contribution in [0.3, 0.4) is 0 Å². The van der Waals surface area contributed by atoms with Gasteiger partial charge in [0.25, 0.3) is 5.91 Å². The van der Waals surface area contributed by atoms with Gasteiger partial charge in [0.2, 0.25) is 0 Å². The van der Waals surface area contributed by atoms with Gasteiger partial charge in [0.1, 0.15) is 18.2 Å². The Labute approximate surface area is 171 Å². The molecule has 0 saturated carbocycles. The van der Waals surface area contributed by atoms with Gasteiger partial charge in [0.05, 0.1) is 19.3 Å². The summed E-state index contributed by atoms with van der Waals surface area (Å²) in [6, 6.07) is 12.3. The average molecular weight is 398 g/mol. The van der Waals surface area contributed by atoms with Gasteiger partial charge in [0.15, 0.2) is 0 Å². The molecule has 6 heteroatoms. The van der Waals surface area contributed by atoms with Crippen LogP contribution in [0.25, 0.3) is 0 Å². The van der Waals surface area contributed by atoms with Crippen LogP contribution >= 0.6 is 0 Å². The summed E-state index contributed by atoms with van der Waals surface area (Å²) < 4.78 is 24.6. The molecular weight excluding hydrogens is 371 g/mol. The topological polar surface area (TPSA) is 42.0 Å². The Kier molecular flexibility index (Phi) is 5.56. The van der Waals surface area contributed by atoms with Crippen LogP contribution in [0.15, 0.2) is 42.5 Å². The second-order valence-electron chi connectivity index (χ2n) is 8.00. The van der Waals surface area contributed by atoms with Crippen molar-refractivity contribution in [2.45, 2.75) is 31.9 Å². The third kappa shape index (κ3) is 4.28. The van der Waals surface area contributed by atoms with Gasteiger partial charge in [-0.05, 0) is 67.3 Å². The summed E-state index contributed by atoms with van der Waals surface area (Å²) in [6.07, 6.45) is 1.74. The molecule has 2 aromatic rings. The molecule has 0 aliphatic carbocycles. The maximum atomic E-state index is 13.3. The van der Waals surface area contributed by atoms with Gasteiger partial charge in [-0.25, -0.2) is 4.39 Å². The Morgan fingerprint density at radius 2 is 1.86 bits per heavy atom. The van der Waals surface area contributed by atoms with Gasteiger partial charge in [-0.3, -0.25) is 9.69 Å². The van der Waals surface area contributed by atoms with Crippen molar-refractivity contribution in [1.29, 1.82) is 0 Å². The van der Waals surface area contributed by atoms with Crippen molar-refractivity contribution in [2.24, 2.45) is 0 Å². The number of aryl methyl sites for hydroxylation is 1. The van der Waals surface area contributed by atoms with Crippen molar-refractivity contribution in [2.75, 3.05) is 38.3 Å². The number of methoxy groups -OCH3 is 1. The zero-order valence-electron chi connectivity index (χ0n) is 17.0. The molecule has 4 rings (SSSR count). The molecule has 5 nitrogen and oxygen atoms in total. The number of likely N-dealkylation sites (tertiary alicyclic amines) is 1. The van der Waals surface area contributed by atoms with Crippen molar-refractivity contribution >= 4 is 11.6 Å². The molecule has 0 unspecified atom stereocenters. The fourth-order valence-corrected chi connectivity index (χ4v) is 4.21. The smallest absolute Gasteiger partial charge is 0.253 e. The first-order valence-electron chi connectivity index (χ1n) is 10.0. The highest BCUT2D eigenvalue weighted by molar-refractivity contribution is 5.95. The van der Waals surface area contributed by atoms with Crippen LogP contribution in [0.4, 0.5) is 10.1 Å². The summed E-state index contributed by atoms with van der Waals surface area (Å²) in [5.74, 6) is 0.509. The van der Waals surface area contributed by atoms with Crippen LogP contribution in [0.1, 0.15) is 24.0 Å². The molecule has 1 amide bonds. The van der Waals surface area contributed by atoms with Gasteiger partial charge in [-0.1, -0.05) is 6.07 Å². The number of morpholine rings is 1. The fourth-order valence-electron chi connectivity index (χ4n) is 4.21. The van der Waals surface area contributed by atoms with E-state index in [4.69, 9.17) is 9.47 Å². The van der Waals surface area contributed by atoms with Crippen molar-refractivity contribution in [3.8, 4) is 5.75 Å². The molecule has 2 saturated heterocycles. The van der Waals surface area contributed by atoms with Crippen LogP contribution in [-0.4, -0.2) is 49.8 Å². The first kappa shape index (κ1) is 19.9. The second-order valence-corrected chi connectivity index (χ2v) is 8.00. The molecule has 2 aromatic carbocycles. The van der Waals surface area contributed by atoms with E-state index in [9.17, 15) is 9.18 Å². The van der Waals surface area contributed by atoms with Crippen LogP contribution in [0.5, 0.6) is 5.75 Å². The Balaban J connectivity index is 1.40. The van der Waals surface area contributed by atoms with E-state index in [0.717, 1.165) is 43.9 Å². The molecule has 154 valence electrons. The fraction of sp³-hybridized carbons (Fsp3) is 0.435. The lowest BCUT2D eigenvalue weighted by atomic mass is 9.88. The van der Waals surface area contributed by atoms with Crippen LogP contribution < -0.4 is 9.64 Å². The first-order chi connectivity index (χ1) is 14.0. The molecular formula is C23H27FN2O3. The number of benzene rings is 2. The van der Waals surface area contributed by atoms with E-state index in [0.29, 0.717) is 6.54 Å². The van der Waals surface area contributed by atoms with E-state index < -0.39 is 0 Å². The van der Waals surface area contributed by atoms with Gasteiger partial charge in [0, 0.05) is 25.3 Å². The minimum atomic E-state index is -0.326. The molecule has 2 fully saturated rings. The third-order valence-electron chi connectivity index (χ3n) is 6.10. The quantitative estimate of drug-likeness (QED) is 0.790. The summed E-state index contributed by atoms with van der Waals surface area (Å²) in [5, 5.41) is 0. The van der Waals surface area contributed by atoms with E-state index in [2.05, 4.69) is 24.0 Å². The molecule has 2 heterocycles. The summed E-state index contributed by atoms with van der Waals surface area (Å²) in [4.78, 5) is 16.6. The molecule has 0 bridgehead atoms. The van der Waals surface area contributed by atoms with E-state index >= 15 is 0 Å². The van der Waals surface area contributed by atoms with Crippen molar-refractivity contribution in [1.82, 2.24) is 4.90 Å². The van der Waals surface area contributed by atoms with E-state index in [1.54, 1.807) is 24.1 Å². The predicted molar refractivity (Wildman–Crippen MR) is 110 cm³/mol. The van der Waals surface area contributed by atoms with E-state index in [1.165, 1.54) is 23.3 Å². The molecule has 2 aliphatic rings. The summed E-state index contributed by atoms with van der Waals surface area (Å²) in [6.45, 7) is 5.43. The number of anilines is 1. The number of rotatable bonds is 4.